The maximum absolute atomic E-state index is 11.9. The zero-order valence-corrected chi connectivity index (χ0v) is 14.7. The van der Waals surface area contributed by atoms with E-state index >= 15 is 0 Å². The minimum Gasteiger partial charge on any atom is -0.343 e. The number of benzene rings is 2. The Hall–Kier alpha value is -2.63. The molecule has 1 heterocycles. The number of carbonyl (C=O) groups is 2. The Morgan fingerprint density at radius 1 is 1.04 bits per heavy atom. The van der Waals surface area contributed by atoms with Crippen LogP contribution < -0.4 is 10.6 Å². The summed E-state index contributed by atoms with van der Waals surface area (Å²) in [5.74, 6) is -0.635. The monoisotopic (exact) mass is 370 g/mol. The van der Waals surface area contributed by atoms with Crippen molar-refractivity contribution in [3.63, 3.8) is 0 Å². The largest absolute Gasteiger partial charge is 0.343 e. The highest BCUT2D eigenvalue weighted by molar-refractivity contribution is 7.20. The number of rotatable bonds is 5. The molecule has 0 bridgehead atoms. The quantitative estimate of drug-likeness (QED) is 0.657. The molecule has 0 atom stereocenters. The summed E-state index contributed by atoms with van der Waals surface area (Å²) in [6, 6.07) is 16.9. The second-order valence-corrected chi connectivity index (χ2v) is 6.70. The fourth-order valence-electron chi connectivity index (χ4n) is 2.24. The lowest BCUT2D eigenvalue weighted by Gasteiger charge is -2.05. The van der Waals surface area contributed by atoms with E-state index in [2.05, 4.69) is 10.6 Å². The van der Waals surface area contributed by atoms with Gasteiger partial charge in [0.1, 0.15) is 0 Å². The fraction of sp³-hybridized carbons (Fsp3) is 0.0526. The molecule has 0 aliphatic heterocycles. The van der Waals surface area contributed by atoms with E-state index in [0.717, 1.165) is 15.0 Å². The summed E-state index contributed by atoms with van der Waals surface area (Å²) in [6.07, 6.45) is 3.05. The van der Waals surface area contributed by atoms with Gasteiger partial charge in [-0.25, -0.2) is 0 Å². The number of amides is 2. The third-order valence-corrected chi connectivity index (χ3v) is 5.08. The van der Waals surface area contributed by atoms with E-state index in [-0.39, 0.29) is 18.4 Å². The van der Waals surface area contributed by atoms with Gasteiger partial charge in [-0.05, 0) is 24.3 Å². The summed E-state index contributed by atoms with van der Waals surface area (Å²) in [7, 11) is 0. The molecule has 0 spiro atoms. The molecule has 3 rings (SSSR count). The lowest BCUT2D eigenvalue weighted by molar-refractivity contribution is -0.121. The van der Waals surface area contributed by atoms with Crippen LogP contribution in [0, 0.1) is 0 Å². The van der Waals surface area contributed by atoms with Crippen molar-refractivity contribution in [2.75, 3.05) is 11.9 Å². The molecule has 0 saturated heterocycles. The van der Waals surface area contributed by atoms with Crippen molar-refractivity contribution >= 4 is 56.6 Å². The molecule has 2 amide bonds. The van der Waals surface area contributed by atoms with Gasteiger partial charge in [-0.2, -0.15) is 0 Å². The number of halogens is 1. The molecule has 2 N–H and O–H groups in total. The maximum Gasteiger partial charge on any atom is 0.244 e. The van der Waals surface area contributed by atoms with Gasteiger partial charge in [-0.1, -0.05) is 48.0 Å². The van der Waals surface area contributed by atoms with E-state index in [0.29, 0.717) is 10.7 Å². The van der Waals surface area contributed by atoms with Crippen LogP contribution in [0.1, 0.15) is 4.88 Å². The number of para-hydroxylation sites is 1. The number of hydrogen-bond acceptors (Lipinski definition) is 3. The van der Waals surface area contributed by atoms with Gasteiger partial charge in [-0.3, -0.25) is 9.59 Å². The average molecular weight is 371 g/mol. The van der Waals surface area contributed by atoms with Gasteiger partial charge in [-0.15, -0.1) is 11.3 Å². The topological polar surface area (TPSA) is 58.2 Å². The van der Waals surface area contributed by atoms with E-state index in [9.17, 15) is 9.59 Å². The zero-order chi connectivity index (χ0) is 17.6. The normalized spacial score (nSPS) is 10.9. The molecular formula is C19H15ClN2O2S. The predicted octanol–water partition coefficient (Wildman–Crippen LogP) is 4.32. The van der Waals surface area contributed by atoms with Gasteiger partial charge < -0.3 is 10.6 Å². The first-order valence-corrected chi connectivity index (χ1v) is 8.81. The second-order valence-electron chi connectivity index (χ2n) is 5.24. The minimum atomic E-state index is -0.350. The number of anilines is 1. The number of carbonyl (C=O) groups excluding carboxylic acids is 2. The third kappa shape index (κ3) is 4.47. The van der Waals surface area contributed by atoms with Gasteiger partial charge in [0.15, 0.2) is 0 Å². The van der Waals surface area contributed by atoms with Crippen molar-refractivity contribution in [2.45, 2.75) is 0 Å². The first-order chi connectivity index (χ1) is 12.1. The van der Waals surface area contributed by atoms with Crippen LogP contribution >= 0.6 is 22.9 Å². The summed E-state index contributed by atoms with van der Waals surface area (Å²) in [5, 5.41) is 6.85. The van der Waals surface area contributed by atoms with Crippen LogP contribution in [0.5, 0.6) is 0 Å². The Morgan fingerprint density at radius 2 is 1.76 bits per heavy atom. The Kier molecular flexibility index (Phi) is 5.48. The van der Waals surface area contributed by atoms with Crippen molar-refractivity contribution in [1.82, 2.24) is 5.32 Å². The number of nitrogens with one attached hydrogen (secondary N) is 2. The highest BCUT2D eigenvalue weighted by Gasteiger charge is 2.08. The van der Waals surface area contributed by atoms with Crippen LogP contribution in [0.15, 0.2) is 60.7 Å². The SMILES string of the molecule is O=C(/C=C/c1sc2ccccc2c1Cl)NCC(=O)Nc1ccccc1. The molecular weight excluding hydrogens is 356 g/mol. The lowest BCUT2D eigenvalue weighted by Crippen LogP contribution is -2.31. The molecule has 25 heavy (non-hydrogen) atoms. The van der Waals surface area contributed by atoms with Gasteiger partial charge >= 0.3 is 0 Å². The second kappa shape index (κ2) is 7.96. The molecule has 3 aromatic rings. The highest BCUT2D eigenvalue weighted by atomic mass is 35.5. The smallest absolute Gasteiger partial charge is 0.244 e. The molecule has 126 valence electrons. The van der Waals surface area contributed by atoms with Gasteiger partial charge in [0.05, 0.1) is 11.6 Å². The van der Waals surface area contributed by atoms with Crippen molar-refractivity contribution in [3.05, 3.63) is 70.6 Å². The summed E-state index contributed by atoms with van der Waals surface area (Å²) >= 11 is 7.84. The average Bonchev–Trinajstić information content (AvgIpc) is 2.95. The lowest BCUT2D eigenvalue weighted by atomic mass is 10.2. The standard InChI is InChI=1S/C19H15ClN2O2S/c20-19-14-8-4-5-9-15(14)25-16(19)10-11-17(23)21-12-18(24)22-13-6-2-1-3-7-13/h1-11H,12H2,(H,21,23)(H,22,24)/b11-10+. The number of hydrogen-bond donors (Lipinski definition) is 2. The van der Waals surface area contributed by atoms with Gasteiger partial charge in [0.25, 0.3) is 0 Å². The van der Waals surface area contributed by atoms with E-state index in [1.807, 2.05) is 42.5 Å². The molecule has 0 aliphatic carbocycles. The van der Waals surface area contributed by atoms with Crippen LogP contribution in [-0.4, -0.2) is 18.4 Å². The Bertz CT molecular complexity index is 935. The molecule has 4 nitrogen and oxygen atoms in total. The van der Waals surface area contributed by atoms with Crippen LogP contribution in [-0.2, 0) is 9.59 Å². The van der Waals surface area contributed by atoms with Crippen LogP contribution in [0.3, 0.4) is 0 Å². The molecule has 0 unspecified atom stereocenters. The summed E-state index contributed by atoms with van der Waals surface area (Å²) in [5.41, 5.74) is 0.689. The van der Waals surface area contributed by atoms with Crippen LogP contribution in [0.25, 0.3) is 16.2 Å². The minimum absolute atomic E-state index is 0.0990. The first kappa shape index (κ1) is 17.2. The predicted molar refractivity (Wildman–Crippen MR) is 104 cm³/mol. The van der Waals surface area contributed by atoms with Gasteiger partial charge in [0.2, 0.25) is 11.8 Å². The van der Waals surface area contributed by atoms with E-state index in [1.54, 1.807) is 18.2 Å². The number of thiophene rings is 1. The summed E-state index contributed by atoms with van der Waals surface area (Å²) in [6.45, 7) is -0.0990. The first-order valence-electron chi connectivity index (χ1n) is 7.61. The zero-order valence-electron chi connectivity index (χ0n) is 13.2. The Morgan fingerprint density at radius 3 is 2.52 bits per heavy atom. The van der Waals surface area contributed by atoms with E-state index in [1.165, 1.54) is 17.4 Å². The van der Waals surface area contributed by atoms with Crippen LogP contribution in [0.4, 0.5) is 5.69 Å². The molecule has 0 aliphatic rings. The van der Waals surface area contributed by atoms with Crippen molar-refractivity contribution in [2.24, 2.45) is 0 Å². The van der Waals surface area contributed by atoms with Crippen molar-refractivity contribution < 1.29 is 9.59 Å². The Balaban J connectivity index is 1.55. The summed E-state index contributed by atoms with van der Waals surface area (Å²) < 4.78 is 1.06. The molecule has 6 heteroatoms. The maximum atomic E-state index is 11.9. The third-order valence-electron chi connectivity index (χ3n) is 3.43. The number of fused-ring (bicyclic) bond motifs is 1. The molecule has 0 saturated carbocycles. The molecule has 0 radical (unpaired) electrons. The van der Waals surface area contributed by atoms with E-state index in [4.69, 9.17) is 11.6 Å². The molecule has 0 fully saturated rings. The summed E-state index contributed by atoms with van der Waals surface area (Å²) in [4.78, 5) is 24.5. The molecule has 1 aromatic heterocycles. The van der Waals surface area contributed by atoms with Gasteiger partial charge in [0, 0.05) is 26.7 Å². The molecule has 2 aromatic carbocycles. The fourth-order valence-corrected chi connectivity index (χ4v) is 3.64. The van der Waals surface area contributed by atoms with Crippen molar-refractivity contribution in [3.8, 4) is 0 Å². The Labute approximate surface area is 154 Å². The van der Waals surface area contributed by atoms with Crippen molar-refractivity contribution in [1.29, 1.82) is 0 Å². The van der Waals surface area contributed by atoms with E-state index < -0.39 is 0 Å². The van der Waals surface area contributed by atoms with Crippen LogP contribution in [0.2, 0.25) is 5.02 Å². The highest BCUT2D eigenvalue weighted by Crippen LogP contribution is 2.35.